The number of carbonyl (C=O) groups is 3. The lowest BCUT2D eigenvalue weighted by Gasteiger charge is -2.32. The lowest BCUT2D eigenvalue weighted by atomic mass is 9.75. The number of amides is 3. The number of halogens is 5. The Balaban J connectivity index is 0.000000551. The van der Waals surface area contributed by atoms with Crippen molar-refractivity contribution in [3.8, 4) is 0 Å². The van der Waals surface area contributed by atoms with Gasteiger partial charge >= 0.3 is 25.4 Å². The van der Waals surface area contributed by atoms with Crippen molar-refractivity contribution >= 4 is 127 Å². The molecule has 3 saturated heterocycles. The highest BCUT2D eigenvalue weighted by atomic mass is 127. The maximum atomic E-state index is 12.1. The molecule has 498 valence electrons. The molecule has 20 nitrogen and oxygen atoms in total. The van der Waals surface area contributed by atoms with Gasteiger partial charge in [-0.1, -0.05) is 101 Å². The van der Waals surface area contributed by atoms with Gasteiger partial charge in [0.15, 0.2) is 10.6 Å². The van der Waals surface area contributed by atoms with Gasteiger partial charge < -0.3 is 43.5 Å². The minimum absolute atomic E-state index is 0. The molecule has 1 N–H and O–H groups in total. The first-order valence-corrected chi connectivity index (χ1v) is 35.1. The van der Waals surface area contributed by atoms with Gasteiger partial charge in [0.25, 0.3) is 0 Å². The van der Waals surface area contributed by atoms with Gasteiger partial charge in [-0.15, -0.1) is 12.4 Å². The first-order valence-electron chi connectivity index (χ1n) is 30.3. The number of piperidine rings is 2. The molecule has 3 amide bonds. The Hall–Kier alpha value is -3.49. The van der Waals surface area contributed by atoms with Crippen LogP contribution in [0, 0.1) is 0 Å². The van der Waals surface area contributed by atoms with E-state index in [1.54, 1.807) is 64.0 Å². The fraction of sp³-hybridized carbons (Fsp3) is 0.635. The van der Waals surface area contributed by atoms with Crippen molar-refractivity contribution in [2.75, 3.05) is 56.8 Å². The van der Waals surface area contributed by atoms with E-state index in [9.17, 15) is 14.4 Å². The van der Waals surface area contributed by atoms with Crippen LogP contribution in [0.2, 0.25) is 0 Å². The third-order valence-corrected chi connectivity index (χ3v) is 13.5. The number of hydrogen-bond donors (Lipinski definition) is 1. The largest absolute Gasteiger partial charge is 0.490 e. The van der Waals surface area contributed by atoms with Crippen LogP contribution in [-0.2, 0) is 23.5 Å². The molecule has 4 aromatic rings. The van der Waals surface area contributed by atoms with Crippen LogP contribution in [0.5, 0.6) is 0 Å². The lowest BCUT2D eigenvalue weighted by molar-refractivity contribution is 0.00578. The SMILES string of the molecule is Brc1ncccn1.CC.CC(C)(C)OC(=O)N1CC=C(B2OC(C)(C)C(C)(C)O2)CC1.CC(C)(C)OC(=O)N1CC=C(c2ncccn2)CC1.CC(C)(C)OC(=O)N1CCC(c2ncccn2)CC1.CC(I)I.CCI.Cl.c1cnc(C2CCNCC2)nc1. The van der Waals surface area contributed by atoms with Crippen LogP contribution in [0.4, 0.5) is 14.4 Å². The lowest BCUT2D eigenvalue weighted by Crippen LogP contribution is -2.41. The van der Waals surface area contributed by atoms with Crippen molar-refractivity contribution in [2.24, 2.45) is 0 Å². The van der Waals surface area contributed by atoms with Crippen LogP contribution in [-0.4, -0.2) is 167 Å². The van der Waals surface area contributed by atoms with Gasteiger partial charge in [0.2, 0.25) is 0 Å². The predicted octanol–water partition coefficient (Wildman–Crippen LogP) is 15.6. The average Bonchev–Trinajstić information content (AvgIpc) is 1.67. The molecule has 9 rings (SSSR count). The van der Waals surface area contributed by atoms with Gasteiger partial charge in [-0.05, 0) is 204 Å². The third kappa shape index (κ3) is 34.8. The minimum Gasteiger partial charge on any atom is -0.444 e. The molecule has 0 aliphatic carbocycles. The molecule has 0 spiro atoms. The number of aromatic nitrogens is 8. The smallest absolute Gasteiger partial charge is 0.444 e. The van der Waals surface area contributed by atoms with Crippen molar-refractivity contribution in [3.05, 3.63) is 114 Å². The van der Waals surface area contributed by atoms with E-state index in [0.717, 1.165) is 69.2 Å². The summed E-state index contributed by atoms with van der Waals surface area (Å²) in [6.45, 7) is 39.3. The first kappa shape index (κ1) is 83.5. The van der Waals surface area contributed by atoms with Crippen LogP contribution < -0.4 is 5.32 Å². The highest BCUT2D eigenvalue weighted by Crippen LogP contribution is 2.39. The van der Waals surface area contributed by atoms with Crippen molar-refractivity contribution in [2.45, 2.75) is 198 Å². The molecule has 0 aromatic carbocycles. The van der Waals surface area contributed by atoms with Crippen molar-refractivity contribution < 1.29 is 37.9 Å². The average molecular weight is 1660 g/mol. The van der Waals surface area contributed by atoms with Gasteiger partial charge in [0.1, 0.15) is 28.5 Å². The van der Waals surface area contributed by atoms with E-state index < -0.39 is 16.8 Å². The Kier molecular flexibility index (Phi) is 40.1. The van der Waals surface area contributed by atoms with E-state index in [1.807, 2.05) is 141 Å². The van der Waals surface area contributed by atoms with Crippen molar-refractivity contribution in [1.29, 1.82) is 0 Å². The molecule has 0 radical (unpaired) electrons. The topological polar surface area (TPSA) is 222 Å². The summed E-state index contributed by atoms with van der Waals surface area (Å²) in [4.78, 5) is 74.2. The normalized spacial score (nSPS) is 17.1. The van der Waals surface area contributed by atoms with Crippen LogP contribution >= 0.6 is 96.1 Å². The molecule has 4 aromatic heterocycles. The van der Waals surface area contributed by atoms with E-state index in [2.05, 4.69) is 143 Å². The molecule has 3 fully saturated rings. The molecule has 0 bridgehead atoms. The fourth-order valence-electron chi connectivity index (χ4n) is 8.27. The van der Waals surface area contributed by atoms with Gasteiger partial charge in [-0.3, -0.25) is 0 Å². The van der Waals surface area contributed by atoms with Crippen LogP contribution in [0.25, 0.3) is 5.57 Å². The third-order valence-electron chi connectivity index (χ3n) is 13.1. The zero-order chi connectivity index (χ0) is 66.1. The zero-order valence-electron chi connectivity index (χ0n) is 55.6. The van der Waals surface area contributed by atoms with Crippen LogP contribution in [0.1, 0.15) is 186 Å². The molecule has 9 heterocycles. The van der Waals surface area contributed by atoms with E-state index in [4.69, 9.17) is 23.5 Å². The quantitative estimate of drug-likeness (QED) is 0.0659. The highest BCUT2D eigenvalue weighted by Gasteiger charge is 2.52. The van der Waals surface area contributed by atoms with Crippen molar-refractivity contribution in [1.82, 2.24) is 59.9 Å². The van der Waals surface area contributed by atoms with E-state index in [0.29, 0.717) is 55.8 Å². The number of nitrogens with zero attached hydrogens (tertiary/aromatic N) is 11. The Bertz CT molecular complexity index is 2630. The summed E-state index contributed by atoms with van der Waals surface area (Å²) < 4.78 is 30.9. The Morgan fingerprint density at radius 1 is 0.607 bits per heavy atom. The molecule has 0 unspecified atom stereocenters. The monoisotopic (exact) mass is 1660 g/mol. The Morgan fingerprint density at radius 2 is 0.944 bits per heavy atom. The highest BCUT2D eigenvalue weighted by molar-refractivity contribution is 14.2. The summed E-state index contributed by atoms with van der Waals surface area (Å²) in [5.41, 5.74) is 0.174. The van der Waals surface area contributed by atoms with Gasteiger partial charge in [0.05, 0.1) is 13.1 Å². The number of carbonyl (C=O) groups excluding carboxylic acids is 3. The summed E-state index contributed by atoms with van der Waals surface area (Å²) in [5, 5.41) is 3.33. The molecular weight excluding hydrogens is 1560 g/mol. The minimum atomic E-state index is -0.465. The maximum Gasteiger partial charge on any atom is 0.490 e. The van der Waals surface area contributed by atoms with E-state index in [-0.39, 0.29) is 49.0 Å². The summed E-state index contributed by atoms with van der Waals surface area (Å²) in [6, 6.07) is 7.24. The summed E-state index contributed by atoms with van der Waals surface area (Å²) in [5.74, 6) is 3.56. The standard InChI is InChI=1S/C16H28BNO4.C14H21N3O2.C14H19N3O2.C9H13N3.C4H3BrN2.C2H4I2.C2H5I.C2H6.ClH/c1-14(2,3)20-13(19)18-10-8-12(9-11-18)17-21-15(4,5)16(6,7)22-17;2*1-14(2,3)19-13(18)17-9-5-11(6-10-17)12-15-7-4-8-16-12;1-4-11-9(12-5-1)8-2-6-10-7-3-8;5-4-6-2-1-3-7-4;1-2(3)4;1-2-3;1-2;/h8H,9-11H2,1-7H3;4,7-8,11H,5-6,9-10H2,1-3H3;4-5,7-8H,6,9-10H2,1-3H3;1,4-5,8,10H,2-3,6-7H2;1-3H;2H,1H3;2H2,1H3;1-2H3;1H. The second kappa shape index (κ2) is 42.7. The van der Waals surface area contributed by atoms with E-state index in [1.165, 1.54) is 17.3 Å². The zero-order valence-corrected chi connectivity index (χ0v) is 64.5. The predicted molar refractivity (Wildman–Crippen MR) is 388 cm³/mol. The van der Waals surface area contributed by atoms with Gasteiger partial charge in [-0.25, -0.2) is 54.3 Å². The molecule has 5 aliphatic rings. The molecule has 0 atom stereocenters. The molecule has 89 heavy (non-hydrogen) atoms. The second-order valence-electron chi connectivity index (χ2n) is 24.3. The molecular formula is C63H100BBrClI3N12O8. The van der Waals surface area contributed by atoms with E-state index >= 15 is 0 Å². The van der Waals surface area contributed by atoms with Crippen LogP contribution in [0.3, 0.4) is 0 Å². The van der Waals surface area contributed by atoms with Gasteiger partial charge in [0, 0.05) is 101 Å². The fourth-order valence-corrected chi connectivity index (χ4v) is 8.50. The molecule has 26 heteroatoms. The number of nitrogens with one attached hydrogen (secondary N) is 1. The molecule has 0 saturated carbocycles. The number of rotatable bonds is 4. The maximum absolute atomic E-state index is 12.1. The van der Waals surface area contributed by atoms with Crippen LogP contribution in [0.15, 0.2) is 96.2 Å². The summed E-state index contributed by atoms with van der Waals surface area (Å²) in [7, 11) is -0.314. The second-order valence-corrected chi connectivity index (χ2v) is 32.7. The molecule has 5 aliphatic heterocycles. The number of ether oxygens (including phenoxy) is 3. The first-order chi connectivity index (χ1) is 41.3. The summed E-state index contributed by atoms with van der Waals surface area (Å²) >= 11 is 10.0. The number of alkyl halides is 3. The Morgan fingerprint density at radius 3 is 1.27 bits per heavy atom. The number of hydrogen-bond acceptors (Lipinski definition) is 17. The summed E-state index contributed by atoms with van der Waals surface area (Å²) in [6.07, 6.45) is 22.9. The van der Waals surface area contributed by atoms with Crippen molar-refractivity contribution in [3.63, 3.8) is 0 Å². The van der Waals surface area contributed by atoms with Gasteiger partial charge in [-0.2, -0.15) is 0 Å². The number of likely N-dealkylation sites (tertiary alicyclic amines) is 1. The Labute approximate surface area is 588 Å².